The Kier molecular flexibility index (Phi) is 7.57. The van der Waals surface area contributed by atoms with E-state index in [9.17, 15) is 22.8 Å². The maximum atomic E-state index is 13.0. The Morgan fingerprint density at radius 1 is 1.14 bits per heavy atom. The number of hydrogen-bond donors (Lipinski definition) is 2. The van der Waals surface area contributed by atoms with E-state index in [1.54, 1.807) is 5.32 Å². The van der Waals surface area contributed by atoms with Crippen LogP contribution in [0.1, 0.15) is 43.0 Å². The van der Waals surface area contributed by atoms with Crippen LogP contribution in [0, 0.1) is 0 Å². The molecule has 10 nitrogen and oxygen atoms in total. The lowest BCUT2D eigenvalue weighted by Crippen LogP contribution is -2.42. The highest BCUT2D eigenvalue weighted by Crippen LogP contribution is 2.27. The molecule has 1 aliphatic heterocycles. The summed E-state index contributed by atoms with van der Waals surface area (Å²) in [7, 11) is -2.48. The second kappa shape index (κ2) is 9.70. The predicted octanol–water partition coefficient (Wildman–Crippen LogP) is 1.00. The molecule has 1 aromatic rings. The highest BCUT2D eigenvalue weighted by molar-refractivity contribution is 7.89. The van der Waals surface area contributed by atoms with E-state index < -0.39 is 34.0 Å². The number of imide groups is 1. The van der Waals surface area contributed by atoms with Crippen molar-refractivity contribution < 1.29 is 32.3 Å². The summed E-state index contributed by atoms with van der Waals surface area (Å²) in [5.74, 6) is -1.78. The van der Waals surface area contributed by atoms with Gasteiger partial charge in [0, 0.05) is 13.1 Å². The van der Waals surface area contributed by atoms with Crippen LogP contribution in [0.15, 0.2) is 23.1 Å². The molecule has 3 amide bonds. The Hall–Kier alpha value is -2.66. The van der Waals surface area contributed by atoms with Gasteiger partial charge in [-0.1, -0.05) is 12.8 Å². The Morgan fingerprint density at radius 2 is 1.76 bits per heavy atom. The van der Waals surface area contributed by atoms with Gasteiger partial charge in [0.1, 0.15) is 11.3 Å². The van der Waals surface area contributed by atoms with Gasteiger partial charge in [0.05, 0.1) is 12.0 Å². The van der Waals surface area contributed by atoms with Gasteiger partial charge in [-0.25, -0.2) is 18.0 Å². The fourth-order valence-corrected chi connectivity index (χ4v) is 4.48. The van der Waals surface area contributed by atoms with Crippen LogP contribution in [0.25, 0.3) is 0 Å². The molecule has 0 bridgehead atoms. The first-order valence-corrected chi connectivity index (χ1v) is 10.6. The van der Waals surface area contributed by atoms with Crippen molar-refractivity contribution in [3.63, 3.8) is 0 Å². The minimum Gasteiger partial charge on any atom is -0.496 e. The van der Waals surface area contributed by atoms with Crippen molar-refractivity contribution in [3.05, 3.63) is 23.8 Å². The van der Waals surface area contributed by atoms with Gasteiger partial charge in [0.25, 0.3) is 5.91 Å². The molecule has 1 fully saturated rings. The van der Waals surface area contributed by atoms with Crippen molar-refractivity contribution in [2.45, 2.75) is 43.6 Å². The first-order chi connectivity index (χ1) is 13.7. The number of hydrogen-bond acceptors (Lipinski definition) is 7. The van der Waals surface area contributed by atoms with E-state index >= 15 is 0 Å². The van der Waals surface area contributed by atoms with Gasteiger partial charge in [-0.15, -0.1) is 0 Å². The minimum absolute atomic E-state index is 0.0682. The van der Waals surface area contributed by atoms with Gasteiger partial charge >= 0.3 is 12.0 Å². The molecule has 3 N–H and O–H groups in total. The van der Waals surface area contributed by atoms with Gasteiger partial charge in [-0.3, -0.25) is 10.1 Å². The number of sulfonamides is 1. The number of methoxy groups -OCH3 is 1. The molecule has 11 heteroatoms. The number of rotatable bonds is 6. The zero-order chi connectivity index (χ0) is 21.6. The molecule has 0 saturated carbocycles. The number of nitrogens with one attached hydrogen (secondary N) is 1. The minimum atomic E-state index is -3.80. The molecule has 1 aromatic carbocycles. The van der Waals surface area contributed by atoms with Gasteiger partial charge in [-0.2, -0.15) is 4.31 Å². The fourth-order valence-electron chi connectivity index (χ4n) is 2.94. The number of nitrogens with zero attached hydrogens (tertiary/aromatic N) is 1. The van der Waals surface area contributed by atoms with Gasteiger partial charge in [0.15, 0.2) is 6.10 Å². The monoisotopic (exact) mass is 427 g/mol. The lowest BCUT2D eigenvalue weighted by Gasteiger charge is -2.21. The van der Waals surface area contributed by atoms with Crippen LogP contribution in [0.4, 0.5) is 4.79 Å². The van der Waals surface area contributed by atoms with Crippen LogP contribution >= 0.6 is 0 Å². The fraction of sp³-hybridized carbons (Fsp3) is 0.500. The van der Waals surface area contributed by atoms with Crippen molar-refractivity contribution in [3.8, 4) is 5.75 Å². The molecule has 160 valence electrons. The Morgan fingerprint density at radius 3 is 2.31 bits per heavy atom. The Labute approximate surface area is 169 Å². The van der Waals surface area contributed by atoms with Crippen LogP contribution < -0.4 is 15.8 Å². The largest absolute Gasteiger partial charge is 0.496 e. The molecule has 29 heavy (non-hydrogen) atoms. The number of nitrogens with two attached hydrogens (primary N) is 1. The average molecular weight is 427 g/mol. The Bertz CT molecular complexity index is 877. The SMILES string of the molecule is COc1ccc(S(=O)(=O)N2CCCCCC2)cc1C(=O)OC(C)C(=O)NC(N)=O. The van der Waals surface area contributed by atoms with Crippen molar-refractivity contribution in [2.24, 2.45) is 5.73 Å². The summed E-state index contributed by atoms with van der Waals surface area (Å²) >= 11 is 0. The molecule has 0 aliphatic carbocycles. The van der Waals surface area contributed by atoms with Gasteiger partial charge in [-0.05, 0) is 38.0 Å². The number of amides is 3. The van der Waals surface area contributed by atoms with Crippen molar-refractivity contribution in [2.75, 3.05) is 20.2 Å². The molecular formula is C18H25N3O7S. The topological polar surface area (TPSA) is 145 Å². The molecule has 1 atom stereocenters. The van der Waals surface area contributed by atoms with Crippen molar-refractivity contribution in [1.29, 1.82) is 0 Å². The van der Waals surface area contributed by atoms with Crippen LogP contribution in [-0.4, -0.2) is 56.9 Å². The Balaban J connectivity index is 2.29. The van der Waals surface area contributed by atoms with Crippen molar-refractivity contribution in [1.82, 2.24) is 9.62 Å². The molecule has 1 aliphatic rings. The lowest BCUT2D eigenvalue weighted by molar-refractivity contribution is -0.127. The second-order valence-corrected chi connectivity index (χ2v) is 8.52. The molecule has 1 saturated heterocycles. The van der Waals surface area contributed by atoms with Gasteiger partial charge in [0.2, 0.25) is 10.0 Å². The summed E-state index contributed by atoms with van der Waals surface area (Å²) in [5, 5.41) is 1.80. The lowest BCUT2D eigenvalue weighted by atomic mass is 10.2. The quantitative estimate of drug-likeness (QED) is 0.644. The van der Waals surface area contributed by atoms with E-state index in [4.69, 9.17) is 15.2 Å². The zero-order valence-corrected chi connectivity index (χ0v) is 17.2. The summed E-state index contributed by atoms with van der Waals surface area (Å²) in [6.45, 7) is 2.08. The smallest absolute Gasteiger partial charge is 0.342 e. The van der Waals surface area contributed by atoms with E-state index in [0.717, 1.165) is 25.7 Å². The molecule has 1 heterocycles. The summed E-state index contributed by atoms with van der Waals surface area (Å²) in [6, 6.07) is 2.80. The highest BCUT2D eigenvalue weighted by Gasteiger charge is 2.28. The van der Waals surface area contributed by atoms with E-state index in [2.05, 4.69) is 0 Å². The summed E-state index contributed by atoms with van der Waals surface area (Å²) < 4.78 is 37.5. The highest BCUT2D eigenvalue weighted by atomic mass is 32.2. The van der Waals surface area contributed by atoms with E-state index in [-0.39, 0.29) is 16.2 Å². The predicted molar refractivity (Wildman–Crippen MR) is 103 cm³/mol. The van der Waals surface area contributed by atoms with Crippen LogP contribution in [-0.2, 0) is 19.6 Å². The first-order valence-electron chi connectivity index (χ1n) is 9.16. The summed E-state index contributed by atoms with van der Waals surface area (Å²) in [4.78, 5) is 34.9. The number of carbonyl (C=O) groups excluding carboxylic acids is 3. The normalized spacial score (nSPS) is 16.3. The molecule has 1 unspecified atom stereocenters. The summed E-state index contributed by atoms with van der Waals surface area (Å²) in [6.07, 6.45) is 2.16. The van der Waals surface area contributed by atoms with Crippen molar-refractivity contribution >= 4 is 27.9 Å². The third-order valence-corrected chi connectivity index (χ3v) is 6.39. The number of urea groups is 1. The molecule has 0 spiro atoms. The average Bonchev–Trinajstić information content (AvgIpc) is 2.96. The number of primary amides is 1. The molecular weight excluding hydrogens is 402 g/mol. The standard InChI is InChI=1S/C18H25N3O7S/c1-12(16(22)20-18(19)24)28-17(23)14-11-13(7-8-15(14)27-2)29(25,26)21-9-5-3-4-6-10-21/h7-8,11-12H,3-6,9-10H2,1-2H3,(H3,19,20,22,24). The number of carbonyl (C=O) groups is 3. The molecule has 0 radical (unpaired) electrons. The molecule has 0 aromatic heterocycles. The van der Waals surface area contributed by atoms with Gasteiger partial charge < -0.3 is 15.2 Å². The van der Waals surface area contributed by atoms with Crippen LogP contribution in [0.5, 0.6) is 5.75 Å². The second-order valence-electron chi connectivity index (χ2n) is 6.58. The zero-order valence-electron chi connectivity index (χ0n) is 16.3. The third-order valence-electron chi connectivity index (χ3n) is 4.49. The number of benzene rings is 1. The number of esters is 1. The first kappa shape index (κ1) is 22.6. The van der Waals surface area contributed by atoms with E-state index in [1.165, 1.54) is 36.5 Å². The number of ether oxygens (including phenoxy) is 2. The van der Waals surface area contributed by atoms with E-state index in [1.807, 2.05) is 0 Å². The van der Waals surface area contributed by atoms with Crippen LogP contribution in [0.3, 0.4) is 0 Å². The van der Waals surface area contributed by atoms with E-state index in [0.29, 0.717) is 13.1 Å². The molecule has 2 rings (SSSR count). The summed E-state index contributed by atoms with van der Waals surface area (Å²) in [5.41, 5.74) is 4.71. The maximum Gasteiger partial charge on any atom is 0.342 e. The third kappa shape index (κ3) is 5.67. The maximum absolute atomic E-state index is 13.0. The van der Waals surface area contributed by atoms with Crippen LogP contribution in [0.2, 0.25) is 0 Å².